The van der Waals surface area contributed by atoms with Crippen LogP contribution in [0.15, 0.2) is 30.3 Å². The van der Waals surface area contributed by atoms with Crippen molar-refractivity contribution in [3.05, 3.63) is 35.9 Å². The molecule has 1 aromatic rings. The third kappa shape index (κ3) is 1.82. The Hall–Kier alpha value is -1.43. The summed E-state index contributed by atoms with van der Waals surface area (Å²) in [5.41, 5.74) is 0.859. The van der Waals surface area contributed by atoms with Gasteiger partial charge >= 0.3 is 5.97 Å². The summed E-state index contributed by atoms with van der Waals surface area (Å²) in [6.07, 6.45) is -2.91. The van der Waals surface area contributed by atoms with E-state index in [1.54, 1.807) is 0 Å². The van der Waals surface area contributed by atoms with Gasteiger partial charge in [0.25, 0.3) is 0 Å². The van der Waals surface area contributed by atoms with E-state index in [-0.39, 0.29) is 6.61 Å². The Bertz CT molecular complexity index is 418. The first kappa shape index (κ1) is 10.7. The van der Waals surface area contributed by atoms with Gasteiger partial charge in [-0.05, 0) is 0 Å². The molecule has 3 rings (SSSR count). The summed E-state index contributed by atoms with van der Waals surface area (Å²) in [5, 5.41) is 9.60. The third-order valence-corrected chi connectivity index (χ3v) is 2.95. The van der Waals surface area contributed by atoms with Crippen LogP contribution in [0.2, 0.25) is 0 Å². The minimum absolute atomic E-state index is 0.243. The second kappa shape index (κ2) is 4.10. The number of esters is 1. The van der Waals surface area contributed by atoms with Crippen molar-refractivity contribution in [3.8, 4) is 0 Å². The van der Waals surface area contributed by atoms with Gasteiger partial charge in [0, 0.05) is 5.56 Å². The quantitative estimate of drug-likeness (QED) is 0.714. The van der Waals surface area contributed by atoms with Crippen LogP contribution in [-0.4, -0.2) is 36.0 Å². The molecule has 2 saturated heterocycles. The zero-order valence-electron chi connectivity index (χ0n) is 8.98. The molecule has 1 N–H and O–H groups in total. The molecule has 1 unspecified atom stereocenters. The number of benzene rings is 1. The maximum atomic E-state index is 11.2. The molecule has 2 heterocycles. The summed E-state index contributed by atoms with van der Waals surface area (Å²) < 4.78 is 15.9. The van der Waals surface area contributed by atoms with Crippen molar-refractivity contribution in [2.75, 3.05) is 6.61 Å². The molecule has 0 bridgehead atoms. The number of hydrogen-bond donors (Lipinski definition) is 1. The van der Waals surface area contributed by atoms with Gasteiger partial charge in [-0.2, -0.15) is 0 Å². The van der Waals surface area contributed by atoms with Crippen LogP contribution in [0.1, 0.15) is 11.9 Å². The van der Waals surface area contributed by atoms with Crippen LogP contribution in [0.3, 0.4) is 0 Å². The molecule has 17 heavy (non-hydrogen) atoms. The van der Waals surface area contributed by atoms with Crippen LogP contribution in [0, 0.1) is 0 Å². The van der Waals surface area contributed by atoms with Gasteiger partial charge in [0.05, 0.1) is 6.61 Å². The highest BCUT2D eigenvalue weighted by Gasteiger charge is 2.48. The number of rotatable bonds is 1. The van der Waals surface area contributed by atoms with Crippen molar-refractivity contribution in [2.45, 2.75) is 24.6 Å². The van der Waals surface area contributed by atoms with Gasteiger partial charge in [-0.1, -0.05) is 30.3 Å². The second-order valence-electron chi connectivity index (χ2n) is 4.10. The molecule has 0 amide bonds. The van der Waals surface area contributed by atoms with Gasteiger partial charge in [0.1, 0.15) is 6.10 Å². The fourth-order valence-corrected chi connectivity index (χ4v) is 2.06. The van der Waals surface area contributed by atoms with Crippen LogP contribution in [-0.2, 0) is 19.0 Å². The van der Waals surface area contributed by atoms with Crippen molar-refractivity contribution in [3.63, 3.8) is 0 Å². The lowest BCUT2D eigenvalue weighted by Gasteiger charge is -2.31. The monoisotopic (exact) mass is 236 g/mol. The summed E-state index contributed by atoms with van der Waals surface area (Å²) in [5.74, 6) is -0.641. The van der Waals surface area contributed by atoms with Crippen molar-refractivity contribution in [1.82, 2.24) is 0 Å². The molecule has 0 radical (unpaired) electrons. The van der Waals surface area contributed by atoms with Gasteiger partial charge < -0.3 is 19.3 Å². The predicted molar refractivity (Wildman–Crippen MR) is 55.9 cm³/mol. The molecule has 90 valence electrons. The van der Waals surface area contributed by atoms with Gasteiger partial charge in [0.15, 0.2) is 18.5 Å². The van der Waals surface area contributed by atoms with E-state index >= 15 is 0 Å². The summed E-state index contributed by atoms with van der Waals surface area (Å²) in [6, 6.07) is 9.39. The molecular formula is C12H12O5. The van der Waals surface area contributed by atoms with E-state index in [4.69, 9.17) is 14.2 Å². The normalized spacial score (nSPS) is 36.4. The predicted octanol–water partition coefficient (Wildman–Crippen LogP) is 0.387. The second-order valence-corrected chi connectivity index (χ2v) is 4.10. The van der Waals surface area contributed by atoms with Crippen molar-refractivity contribution in [1.29, 1.82) is 0 Å². The van der Waals surface area contributed by atoms with E-state index in [0.29, 0.717) is 0 Å². The van der Waals surface area contributed by atoms with Crippen molar-refractivity contribution in [2.24, 2.45) is 0 Å². The van der Waals surface area contributed by atoms with Gasteiger partial charge in [-0.15, -0.1) is 0 Å². The highest BCUT2D eigenvalue weighted by molar-refractivity contribution is 5.77. The lowest BCUT2D eigenvalue weighted by atomic mass is 10.1. The minimum Gasteiger partial charge on any atom is -0.455 e. The number of carbonyl (C=O) groups excluding carboxylic acids is 1. The zero-order chi connectivity index (χ0) is 11.8. The number of ether oxygens (including phenoxy) is 3. The lowest BCUT2D eigenvalue weighted by Crippen LogP contribution is -2.42. The van der Waals surface area contributed by atoms with E-state index in [9.17, 15) is 9.90 Å². The Kier molecular flexibility index (Phi) is 2.58. The number of aliphatic hydroxyl groups excluding tert-OH is 1. The first-order valence-electron chi connectivity index (χ1n) is 5.46. The fourth-order valence-electron chi connectivity index (χ4n) is 2.06. The Morgan fingerprint density at radius 3 is 2.76 bits per heavy atom. The SMILES string of the molecule is O=C1O[C@@H]2COC(c3ccccc3)O[C@@H]2[C@H]1O. The van der Waals surface area contributed by atoms with E-state index < -0.39 is 30.6 Å². The molecule has 0 aliphatic carbocycles. The molecule has 2 aliphatic heterocycles. The molecule has 0 saturated carbocycles. The summed E-state index contributed by atoms with van der Waals surface area (Å²) in [7, 11) is 0. The summed E-state index contributed by atoms with van der Waals surface area (Å²) in [6.45, 7) is 0.243. The molecule has 5 heteroatoms. The summed E-state index contributed by atoms with van der Waals surface area (Å²) >= 11 is 0. The van der Waals surface area contributed by atoms with Crippen LogP contribution < -0.4 is 0 Å². The van der Waals surface area contributed by atoms with Crippen LogP contribution in [0.25, 0.3) is 0 Å². The summed E-state index contributed by atoms with van der Waals surface area (Å²) in [4.78, 5) is 11.2. The first-order valence-corrected chi connectivity index (χ1v) is 5.46. The van der Waals surface area contributed by atoms with E-state index in [0.717, 1.165) is 5.56 Å². The highest BCUT2D eigenvalue weighted by Crippen LogP contribution is 2.32. The van der Waals surface area contributed by atoms with Crippen LogP contribution >= 0.6 is 0 Å². The molecular weight excluding hydrogens is 224 g/mol. The van der Waals surface area contributed by atoms with E-state index in [1.807, 2.05) is 30.3 Å². The highest BCUT2D eigenvalue weighted by atomic mass is 16.7. The number of hydrogen-bond acceptors (Lipinski definition) is 5. The molecule has 1 aromatic carbocycles. The van der Waals surface area contributed by atoms with Crippen molar-refractivity contribution >= 4 is 5.97 Å². The standard InChI is InChI=1S/C12H12O5/c13-9-10-8(16-11(9)14)6-15-12(17-10)7-4-2-1-3-5-7/h1-5,8-10,12-13H,6H2/t8-,9-,10+,12?/m1/s1. The van der Waals surface area contributed by atoms with Crippen LogP contribution in [0.4, 0.5) is 0 Å². The molecule has 0 aromatic heterocycles. The minimum atomic E-state index is -1.21. The number of aliphatic hydroxyl groups is 1. The van der Waals surface area contributed by atoms with E-state index in [1.165, 1.54) is 0 Å². The lowest BCUT2D eigenvalue weighted by molar-refractivity contribution is -0.251. The molecule has 0 spiro atoms. The van der Waals surface area contributed by atoms with Gasteiger partial charge in [-0.3, -0.25) is 0 Å². The van der Waals surface area contributed by atoms with E-state index in [2.05, 4.69) is 0 Å². The van der Waals surface area contributed by atoms with Crippen molar-refractivity contribution < 1.29 is 24.1 Å². The number of carbonyl (C=O) groups is 1. The largest absolute Gasteiger partial charge is 0.455 e. The maximum Gasteiger partial charge on any atom is 0.338 e. The molecule has 4 atom stereocenters. The zero-order valence-corrected chi connectivity index (χ0v) is 8.98. The average molecular weight is 236 g/mol. The Balaban J connectivity index is 1.78. The average Bonchev–Trinajstić information content (AvgIpc) is 2.66. The molecule has 2 aliphatic rings. The Morgan fingerprint density at radius 1 is 1.24 bits per heavy atom. The van der Waals surface area contributed by atoms with Gasteiger partial charge in [0.2, 0.25) is 0 Å². The third-order valence-electron chi connectivity index (χ3n) is 2.95. The molecule has 5 nitrogen and oxygen atoms in total. The smallest absolute Gasteiger partial charge is 0.338 e. The Morgan fingerprint density at radius 2 is 2.00 bits per heavy atom. The topological polar surface area (TPSA) is 65.0 Å². The fraction of sp³-hybridized carbons (Fsp3) is 0.417. The molecule has 2 fully saturated rings. The Labute approximate surface area is 97.9 Å². The van der Waals surface area contributed by atoms with Gasteiger partial charge in [-0.25, -0.2) is 4.79 Å². The number of fused-ring (bicyclic) bond motifs is 1. The van der Waals surface area contributed by atoms with Crippen LogP contribution in [0.5, 0.6) is 0 Å². The first-order chi connectivity index (χ1) is 8.25. The maximum absolute atomic E-state index is 11.2.